The van der Waals surface area contributed by atoms with Crippen LogP contribution in [0, 0.1) is 0 Å². The molecule has 0 saturated heterocycles. The summed E-state index contributed by atoms with van der Waals surface area (Å²) in [7, 11) is 1.59. The van der Waals surface area contributed by atoms with Crippen molar-refractivity contribution in [3.8, 4) is 0 Å². The molecule has 0 radical (unpaired) electrons. The monoisotopic (exact) mass is 269 g/mol. The number of rotatable bonds is 5. The minimum Gasteiger partial charge on any atom is -0.456 e. The second kappa shape index (κ2) is 5.90. The first-order valence-corrected chi connectivity index (χ1v) is 6.73. The summed E-state index contributed by atoms with van der Waals surface area (Å²) >= 11 is 2.97. The Balaban J connectivity index is 1.90. The van der Waals surface area contributed by atoms with Crippen molar-refractivity contribution in [1.82, 2.24) is 4.98 Å². The summed E-state index contributed by atoms with van der Waals surface area (Å²) in [6.45, 7) is 0.710. The standard InChI is InChI=1S/C11H11NO3S2/c1-14-5-10-12-9(7-17-10)11(13)15-4-8-2-3-16-6-8/h2-3,6-7H,4-5H2,1H3. The maximum absolute atomic E-state index is 11.6. The van der Waals surface area contributed by atoms with Crippen molar-refractivity contribution < 1.29 is 14.3 Å². The fourth-order valence-corrected chi connectivity index (χ4v) is 2.58. The first kappa shape index (κ1) is 12.2. The average Bonchev–Trinajstić information content (AvgIpc) is 2.97. The van der Waals surface area contributed by atoms with Gasteiger partial charge < -0.3 is 9.47 Å². The van der Waals surface area contributed by atoms with Gasteiger partial charge in [-0.15, -0.1) is 11.3 Å². The lowest BCUT2D eigenvalue weighted by atomic mass is 10.4. The van der Waals surface area contributed by atoms with E-state index in [0.29, 0.717) is 18.9 Å². The highest BCUT2D eigenvalue weighted by Crippen LogP contribution is 2.13. The fraction of sp³-hybridized carbons (Fsp3) is 0.273. The Kier molecular flexibility index (Phi) is 4.24. The van der Waals surface area contributed by atoms with Gasteiger partial charge in [-0.25, -0.2) is 9.78 Å². The van der Waals surface area contributed by atoms with E-state index in [-0.39, 0.29) is 0 Å². The van der Waals surface area contributed by atoms with Gasteiger partial charge in [0, 0.05) is 18.1 Å². The van der Waals surface area contributed by atoms with Crippen LogP contribution in [-0.2, 0) is 22.7 Å². The molecule has 0 bridgehead atoms. The Labute approximate surface area is 107 Å². The van der Waals surface area contributed by atoms with E-state index in [1.54, 1.807) is 23.8 Å². The Bertz CT molecular complexity index is 479. The van der Waals surface area contributed by atoms with Crippen LogP contribution in [0.3, 0.4) is 0 Å². The molecule has 6 heteroatoms. The molecule has 0 atom stereocenters. The molecule has 0 unspecified atom stereocenters. The van der Waals surface area contributed by atoms with Crippen molar-refractivity contribution in [1.29, 1.82) is 0 Å². The summed E-state index contributed by atoms with van der Waals surface area (Å²) in [5.74, 6) is -0.394. The van der Waals surface area contributed by atoms with E-state index in [1.165, 1.54) is 11.3 Å². The predicted molar refractivity (Wildman–Crippen MR) is 66.3 cm³/mol. The molecular weight excluding hydrogens is 258 g/mol. The van der Waals surface area contributed by atoms with Crippen LogP contribution in [0.2, 0.25) is 0 Å². The molecule has 4 nitrogen and oxygen atoms in total. The molecule has 0 N–H and O–H groups in total. The van der Waals surface area contributed by atoms with Gasteiger partial charge in [-0.05, 0) is 16.8 Å². The number of hydrogen-bond acceptors (Lipinski definition) is 6. The third-order valence-corrected chi connectivity index (χ3v) is 3.53. The number of nitrogens with zero attached hydrogens (tertiary/aromatic N) is 1. The topological polar surface area (TPSA) is 48.4 Å². The molecule has 0 aliphatic heterocycles. The van der Waals surface area contributed by atoms with Crippen molar-refractivity contribution in [2.24, 2.45) is 0 Å². The van der Waals surface area contributed by atoms with Gasteiger partial charge in [0.05, 0.1) is 6.61 Å². The molecule has 0 saturated carbocycles. The molecule has 0 aliphatic carbocycles. The number of thiophene rings is 1. The van der Waals surface area contributed by atoms with Gasteiger partial charge >= 0.3 is 5.97 Å². The largest absolute Gasteiger partial charge is 0.456 e. The third-order valence-electron chi connectivity index (χ3n) is 1.98. The number of thiazole rings is 1. The van der Waals surface area contributed by atoms with Gasteiger partial charge in [-0.3, -0.25) is 0 Å². The van der Waals surface area contributed by atoms with Crippen LogP contribution in [0.1, 0.15) is 21.1 Å². The molecule has 0 fully saturated rings. The van der Waals surface area contributed by atoms with Crippen LogP contribution in [0.4, 0.5) is 0 Å². The average molecular weight is 269 g/mol. The minimum atomic E-state index is -0.394. The molecule has 0 amide bonds. The van der Waals surface area contributed by atoms with Crippen molar-refractivity contribution in [2.75, 3.05) is 7.11 Å². The summed E-state index contributed by atoms with van der Waals surface area (Å²) in [5.41, 5.74) is 1.34. The zero-order chi connectivity index (χ0) is 12.1. The summed E-state index contributed by atoms with van der Waals surface area (Å²) in [6.07, 6.45) is 0. The summed E-state index contributed by atoms with van der Waals surface area (Å²) in [4.78, 5) is 15.8. The van der Waals surface area contributed by atoms with E-state index in [1.807, 2.05) is 16.8 Å². The van der Waals surface area contributed by atoms with Crippen molar-refractivity contribution >= 4 is 28.6 Å². The van der Waals surface area contributed by atoms with E-state index < -0.39 is 5.97 Å². The molecule has 0 aromatic carbocycles. The zero-order valence-corrected chi connectivity index (χ0v) is 10.8. The smallest absolute Gasteiger partial charge is 0.358 e. The Morgan fingerprint density at radius 1 is 1.41 bits per heavy atom. The van der Waals surface area contributed by atoms with Crippen LogP contribution in [-0.4, -0.2) is 18.1 Å². The number of carbonyl (C=O) groups is 1. The SMILES string of the molecule is COCc1nc(C(=O)OCc2ccsc2)cs1. The molecule has 0 aliphatic rings. The number of hydrogen-bond donors (Lipinski definition) is 0. The lowest BCUT2D eigenvalue weighted by Crippen LogP contribution is -2.05. The first-order valence-electron chi connectivity index (χ1n) is 4.91. The van der Waals surface area contributed by atoms with Gasteiger partial charge in [0.1, 0.15) is 11.6 Å². The second-order valence-corrected chi connectivity index (χ2v) is 4.99. The van der Waals surface area contributed by atoms with Gasteiger partial charge in [0.15, 0.2) is 5.69 Å². The molecule has 2 rings (SSSR count). The van der Waals surface area contributed by atoms with Gasteiger partial charge in [-0.1, -0.05) is 0 Å². The molecule has 2 aromatic rings. The molecule has 90 valence electrons. The maximum atomic E-state index is 11.6. The van der Waals surface area contributed by atoms with Crippen molar-refractivity contribution in [3.63, 3.8) is 0 Å². The summed E-state index contributed by atoms with van der Waals surface area (Å²) < 4.78 is 10.1. The van der Waals surface area contributed by atoms with Gasteiger partial charge in [0.2, 0.25) is 0 Å². The zero-order valence-electron chi connectivity index (χ0n) is 9.21. The maximum Gasteiger partial charge on any atom is 0.358 e. The van der Waals surface area contributed by atoms with E-state index >= 15 is 0 Å². The number of carbonyl (C=O) groups excluding carboxylic acids is 1. The molecule has 2 heterocycles. The third kappa shape index (κ3) is 3.36. The second-order valence-electron chi connectivity index (χ2n) is 3.27. The van der Waals surface area contributed by atoms with Crippen LogP contribution >= 0.6 is 22.7 Å². The van der Waals surface area contributed by atoms with Crippen molar-refractivity contribution in [3.05, 3.63) is 38.5 Å². The van der Waals surface area contributed by atoms with Crippen molar-refractivity contribution in [2.45, 2.75) is 13.2 Å². The summed E-state index contributed by atoms with van der Waals surface area (Å²) in [6, 6.07) is 1.93. The normalized spacial score (nSPS) is 10.4. The lowest BCUT2D eigenvalue weighted by Gasteiger charge is -2.00. The van der Waals surface area contributed by atoms with Crippen LogP contribution in [0.5, 0.6) is 0 Å². The number of esters is 1. The van der Waals surface area contributed by atoms with Crippen LogP contribution in [0.25, 0.3) is 0 Å². The highest BCUT2D eigenvalue weighted by atomic mass is 32.1. The highest BCUT2D eigenvalue weighted by molar-refractivity contribution is 7.09. The number of aromatic nitrogens is 1. The number of ether oxygens (including phenoxy) is 2. The molecular formula is C11H11NO3S2. The molecule has 17 heavy (non-hydrogen) atoms. The van der Waals surface area contributed by atoms with E-state index in [2.05, 4.69) is 4.98 Å². The Morgan fingerprint density at radius 2 is 2.29 bits per heavy atom. The Hall–Kier alpha value is -1.24. The quantitative estimate of drug-likeness (QED) is 0.783. The van der Waals surface area contributed by atoms with Gasteiger partial charge in [-0.2, -0.15) is 11.3 Å². The van der Waals surface area contributed by atoms with E-state index in [0.717, 1.165) is 10.6 Å². The highest BCUT2D eigenvalue weighted by Gasteiger charge is 2.12. The van der Waals surface area contributed by atoms with E-state index in [4.69, 9.17) is 9.47 Å². The van der Waals surface area contributed by atoms with Crippen LogP contribution in [0.15, 0.2) is 22.2 Å². The summed E-state index contributed by atoms with van der Waals surface area (Å²) in [5, 5.41) is 6.35. The Morgan fingerprint density at radius 3 is 3.00 bits per heavy atom. The first-order chi connectivity index (χ1) is 8.29. The van der Waals surface area contributed by atoms with E-state index in [9.17, 15) is 4.79 Å². The van der Waals surface area contributed by atoms with Gasteiger partial charge in [0.25, 0.3) is 0 Å². The predicted octanol–water partition coefficient (Wildman–Crippen LogP) is 2.71. The minimum absolute atomic E-state index is 0.291. The fourth-order valence-electron chi connectivity index (χ4n) is 1.19. The molecule has 0 spiro atoms. The lowest BCUT2D eigenvalue weighted by molar-refractivity contribution is 0.0466. The number of methoxy groups -OCH3 is 1. The molecule has 2 aromatic heterocycles. The van der Waals surface area contributed by atoms with Crippen LogP contribution < -0.4 is 0 Å².